The Labute approximate surface area is 96.1 Å². The molecule has 1 N–H and O–H groups in total. The van der Waals surface area contributed by atoms with Crippen LogP contribution in [-0.4, -0.2) is 16.3 Å². The number of hydrogen-bond acceptors (Lipinski definition) is 2. The van der Waals surface area contributed by atoms with Crippen LogP contribution >= 0.6 is 11.6 Å². The van der Waals surface area contributed by atoms with E-state index in [2.05, 4.69) is 9.97 Å². The van der Waals surface area contributed by atoms with Gasteiger partial charge in [-0.1, -0.05) is 11.6 Å². The zero-order valence-electron chi connectivity index (χ0n) is 8.20. The van der Waals surface area contributed by atoms with E-state index in [1.165, 1.54) is 0 Å². The van der Waals surface area contributed by atoms with Gasteiger partial charge in [-0.2, -0.15) is 0 Å². The number of pyridine rings is 1. The molecule has 3 rings (SSSR count). The van der Waals surface area contributed by atoms with E-state index in [9.17, 15) is 4.79 Å². The summed E-state index contributed by atoms with van der Waals surface area (Å²) in [5, 5.41) is 2.42. The van der Waals surface area contributed by atoms with Crippen LogP contribution in [0.2, 0.25) is 5.15 Å². The molecule has 2 heterocycles. The molecule has 0 aliphatic heterocycles. The smallest absolute Gasteiger partial charge is 0.150 e. The number of benzene rings is 1. The lowest BCUT2D eigenvalue weighted by Gasteiger charge is -1.92. The van der Waals surface area contributed by atoms with Gasteiger partial charge in [0.05, 0.1) is 0 Å². The summed E-state index contributed by atoms with van der Waals surface area (Å²) in [6.45, 7) is 0. The molecular formula is C12H7ClN2O. The largest absolute Gasteiger partial charge is 0.339 e. The molecule has 1 aromatic carbocycles. The fraction of sp³-hybridized carbons (Fsp3) is 0. The Morgan fingerprint density at radius 2 is 2.06 bits per heavy atom. The van der Waals surface area contributed by atoms with Crippen molar-refractivity contribution in [3.05, 3.63) is 41.0 Å². The second kappa shape index (κ2) is 3.32. The fourth-order valence-electron chi connectivity index (χ4n) is 1.84. The van der Waals surface area contributed by atoms with Crippen LogP contribution in [0.3, 0.4) is 0 Å². The molecule has 0 atom stereocenters. The van der Waals surface area contributed by atoms with Crippen molar-refractivity contribution in [2.45, 2.75) is 0 Å². The zero-order valence-corrected chi connectivity index (χ0v) is 8.95. The average molecular weight is 231 g/mol. The van der Waals surface area contributed by atoms with Gasteiger partial charge in [0, 0.05) is 21.9 Å². The lowest BCUT2D eigenvalue weighted by Crippen LogP contribution is -1.77. The van der Waals surface area contributed by atoms with Gasteiger partial charge < -0.3 is 4.98 Å². The third-order valence-electron chi connectivity index (χ3n) is 2.58. The molecule has 0 unspecified atom stereocenters. The molecule has 0 aliphatic rings. The third kappa shape index (κ3) is 1.29. The van der Waals surface area contributed by atoms with Gasteiger partial charge in [-0.3, -0.25) is 4.79 Å². The number of aromatic amines is 1. The Balaban J connectivity index is 2.47. The van der Waals surface area contributed by atoms with Gasteiger partial charge in [-0.25, -0.2) is 4.98 Å². The van der Waals surface area contributed by atoms with E-state index >= 15 is 0 Å². The highest BCUT2D eigenvalue weighted by Crippen LogP contribution is 2.25. The molecule has 3 nitrogen and oxygen atoms in total. The molecule has 78 valence electrons. The minimum absolute atomic E-state index is 0.453. The van der Waals surface area contributed by atoms with Gasteiger partial charge in [0.2, 0.25) is 0 Å². The first-order valence-electron chi connectivity index (χ1n) is 4.81. The molecule has 4 heteroatoms. The van der Waals surface area contributed by atoms with Crippen LogP contribution in [0, 0.1) is 0 Å². The van der Waals surface area contributed by atoms with E-state index < -0.39 is 0 Å². The minimum atomic E-state index is 0.453. The van der Waals surface area contributed by atoms with Crippen LogP contribution in [-0.2, 0) is 0 Å². The van der Waals surface area contributed by atoms with Crippen molar-refractivity contribution in [1.82, 2.24) is 9.97 Å². The van der Waals surface area contributed by atoms with E-state index in [0.29, 0.717) is 10.7 Å². The number of nitrogens with zero attached hydrogens (tertiary/aromatic N) is 1. The van der Waals surface area contributed by atoms with Crippen LogP contribution < -0.4 is 0 Å². The highest BCUT2D eigenvalue weighted by Gasteiger charge is 2.06. The van der Waals surface area contributed by atoms with Gasteiger partial charge >= 0.3 is 0 Å². The van der Waals surface area contributed by atoms with Gasteiger partial charge in [-0.05, 0) is 30.3 Å². The Kier molecular flexibility index (Phi) is 1.94. The van der Waals surface area contributed by atoms with Crippen molar-refractivity contribution in [2.24, 2.45) is 0 Å². The Bertz CT molecular complexity index is 703. The predicted molar refractivity (Wildman–Crippen MR) is 64.0 cm³/mol. The number of aromatic nitrogens is 2. The average Bonchev–Trinajstić information content (AvgIpc) is 2.65. The minimum Gasteiger partial charge on any atom is -0.339 e. The summed E-state index contributed by atoms with van der Waals surface area (Å²) in [6.07, 6.45) is 0.835. The number of carbonyl (C=O) groups excluding carboxylic acids is 1. The summed E-state index contributed by atoms with van der Waals surface area (Å²) in [6, 6.07) is 9.13. The number of fused-ring (bicyclic) bond motifs is 3. The van der Waals surface area contributed by atoms with Crippen molar-refractivity contribution in [1.29, 1.82) is 0 Å². The number of aldehydes is 1. The fourth-order valence-corrected chi connectivity index (χ4v) is 1.99. The molecule has 16 heavy (non-hydrogen) atoms. The quantitative estimate of drug-likeness (QED) is 0.516. The van der Waals surface area contributed by atoms with Crippen molar-refractivity contribution >= 4 is 39.8 Å². The molecule has 0 spiro atoms. The van der Waals surface area contributed by atoms with Crippen LogP contribution in [0.5, 0.6) is 0 Å². The first-order chi connectivity index (χ1) is 7.78. The Hall–Kier alpha value is -1.87. The predicted octanol–water partition coefficient (Wildman–Crippen LogP) is 3.18. The molecule has 0 aliphatic carbocycles. The SMILES string of the molecule is O=Cc1ccc2[nH]c3nc(Cl)ccc3c2c1. The van der Waals surface area contributed by atoms with Crippen molar-refractivity contribution in [3.63, 3.8) is 0 Å². The molecule has 3 aromatic rings. The summed E-state index contributed by atoms with van der Waals surface area (Å²) >= 11 is 5.82. The second-order valence-electron chi connectivity index (χ2n) is 3.58. The van der Waals surface area contributed by atoms with E-state index in [4.69, 9.17) is 11.6 Å². The number of nitrogens with one attached hydrogen (secondary N) is 1. The van der Waals surface area contributed by atoms with Crippen molar-refractivity contribution in [2.75, 3.05) is 0 Å². The highest BCUT2D eigenvalue weighted by molar-refractivity contribution is 6.30. The summed E-state index contributed by atoms with van der Waals surface area (Å²) in [7, 11) is 0. The number of carbonyl (C=O) groups is 1. The van der Waals surface area contributed by atoms with E-state index in [1.54, 1.807) is 12.1 Å². The topological polar surface area (TPSA) is 45.8 Å². The standard InChI is InChI=1S/C12H7ClN2O/c13-11-4-2-8-9-5-7(6-16)1-3-10(9)14-12(8)15-11/h1-6H,(H,14,15). The maximum atomic E-state index is 10.7. The van der Waals surface area contributed by atoms with Gasteiger partial charge in [-0.15, -0.1) is 0 Å². The van der Waals surface area contributed by atoms with E-state index in [-0.39, 0.29) is 0 Å². The first kappa shape index (κ1) is 9.36. The summed E-state index contributed by atoms with van der Waals surface area (Å²) < 4.78 is 0. The highest BCUT2D eigenvalue weighted by atomic mass is 35.5. The third-order valence-corrected chi connectivity index (χ3v) is 2.79. The molecule has 0 saturated heterocycles. The van der Waals surface area contributed by atoms with Gasteiger partial charge in [0.25, 0.3) is 0 Å². The lowest BCUT2D eigenvalue weighted by molar-refractivity contribution is 0.112. The summed E-state index contributed by atoms with van der Waals surface area (Å²) in [4.78, 5) is 18.1. The number of hydrogen-bond donors (Lipinski definition) is 1. The second-order valence-corrected chi connectivity index (χ2v) is 3.97. The number of H-pyrrole nitrogens is 1. The maximum absolute atomic E-state index is 10.7. The van der Waals surface area contributed by atoms with Gasteiger partial charge in [0.1, 0.15) is 17.1 Å². The molecule has 0 bridgehead atoms. The summed E-state index contributed by atoms with van der Waals surface area (Å²) in [5.74, 6) is 0. The normalized spacial score (nSPS) is 11.1. The van der Waals surface area contributed by atoms with Crippen molar-refractivity contribution in [3.8, 4) is 0 Å². The van der Waals surface area contributed by atoms with Crippen LogP contribution in [0.25, 0.3) is 21.9 Å². The van der Waals surface area contributed by atoms with Crippen LogP contribution in [0.4, 0.5) is 0 Å². The Morgan fingerprint density at radius 3 is 2.88 bits per heavy atom. The number of halogens is 1. The monoisotopic (exact) mass is 230 g/mol. The number of rotatable bonds is 1. The Morgan fingerprint density at radius 1 is 1.19 bits per heavy atom. The maximum Gasteiger partial charge on any atom is 0.150 e. The van der Waals surface area contributed by atoms with E-state index in [0.717, 1.165) is 28.2 Å². The molecule has 0 radical (unpaired) electrons. The lowest BCUT2D eigenvalue weighted by atomic mass is 10.1. The molecule has 0 fully saturated rings. The zero-order chi connectivity index (χ0) is 11.1. The molecule has 0 amide bonds. The van der Waals surface area contributed by atoms with Crippen LogP contribution in [0.15, 0.2) is 30.3 Å². The molecular weight excluding hydrogens is 224 g/mol. The molecule has 0 saturated carbocycles. The van der Waals surface area contributed by atoms with Crippen LogP contribution in [0.1, 0.15) is 10.4 Å². The van der Waals surface area contributed by atoms with E-state index in [1.807, 2.05) is 18.2 Å². The first-order valence-corrected chi connectivity index (χ1v) is 5.19. The van der Waals surface area contributed by atoms with Crippen molar-refractivity contribution < 1.29 is 4.79 Å². The molecule has 2 aromatic heterocycles. The van der Waals surface area contributed by atoms with Gasteiger partial charge in [0.15, 0.2) is 0 Å². The summed E-state index contributed by atoms with van der Waals surface area (Å²) in [5.41, 5.74) is 2.35.